The van der Waals surface area contributed by atoms with Crippen molar-refractivity contribution in [1.82, 2.24) is 5.48 Å². The first kappa shape index (κ1) is 13.9. The molecule has 1 unspecified atom stereocenters. The Balaban J connectivity index is 3.28. The van der Waals surface area contributed by atoms with Gasteiger partial charge in [0.25, 0.3) is 0 Å². The van der Waals surface area contributed by atoms with Crippen LogP contribution in [0, 0.1) is 0 Å². The molecule has 0 saturated carbocycles. The summed E-state index contributed by atoms with van der Waals surface area (Å²) in [5.41, 5.74) is 3.99. The molecule has 0 spiro atoms. The molecule has 0 aliphatic rings. The highest BCUT2D eigenvalue weighted by Crippen LogP contribution is 2.01. The van der Waals surface area contributed by atoms with Crippen LogP contribution >= 0.6 is 0 Å². The number of unbranched alkanes of at least 4 members (excludes halogenated alkanes) is 2. The van der Waals surface area contributed by atoms with E-state index in [-0.39, 0.29) is 6.29 Å². The first-order valence-electron chi connectivity index (χ1n) is 5.79. The molecule has 0 aromatic heterocycles. The molecule has 3 heteroatoms. The van der Waals surface area contributed by atoms with Crippen molar-refractivity contribution < 1.29 is 9.57 Å². The second kappa shape index (κ2) is 11.0. The summed E-state index contributed by atoms with van der Waals surface area (Å²) < 4.78 is 5.50. The lowest BCUT2D eigenvalue weighted by Crippen LogP contribution is -2.22. The Labute approximate surface area is 88.1 Å². The molecule has 0 saturated heterocycles. The summed E-state index contributed by atoms with van der Waals surface area (Å²) in [5.74, 6) is 0. The molecule has 0 fully saturated rings. The van der Waals surface area contributed by atoms with Crippen molar-refractivity contribution in [3.8, 4) is 0 Å². The second-order valence-electron chi connectivity index (χ2n) is 3.37. The van der Waals surface area contributed by atoms with Gasteiger partial charge in [-0.05, 0) is 19.3 Å². The fraction of sp³-hybridized carbons (Fsp3) is 1.00. The van der Waals surface area contributed by atoms with Crippen molar-refractivity contribution in [3.05, 3.63) is 0 Å². The van der Waals surface area contributed by atoms with E-state index < -0.39 is 0 Å². The van der Waals surface area contributed by atoms with Gasteiger partial charge < -0.3 is 4.74 Å². The Morgan fingerprint density at radius 3 is 2.36 bits per heavy atom. The van der Waals surface area contributed by atoms with Gasteiger partial charge in [0.2, 0.25) is 0 Å². The zero-order valence-corrected chi connectivity index (χ0v) is 9.79. The van der Waals surface area contributed by atoms with Crippen molar-refractivity contribution >= 4 is 0 Å². The van der Waals surface area contributed by atoms with Gasteiger partial charge in [0.1, 0.15) is 0 Å². The Hall–Kier alpha value is -0.120. The van der Waals surface area contributed by atoms with Crippen LogP contribution in [0.3, 0.4) is 0 Å². The first-order valence-corrected chi connectivity index (χ1v) is 5.79. The van der Waals surface area contributed by atoms with Crippen LogP contribution in [0.25, 0.3) is 0 Å². The lowest BCUT2D eigenvalue weighted by molar-refractivity contribution is -0.184. The second-order valence-corrected chi connectivity index (χ2v) is 3.37. The molecule has 1 radical (unpaired) electrons. The van der Waals surface area contributed by atoms with Crippen molar-refractivity contribution in [2.75, 3.05) is 13.2 Å². The highest BCUT2D eigenvalue weighted by molar-refractivity contribution is 4.40. The molecule has 85 valence electrons. The summed E-state index contributed by atoms with van der Waals surface area (Å²) in [5, 5.41) is 0. The van der Waals surface area contributed by atoms with E-state index in [0.717, 1.165) is 45.3 Å². The molecule has 0 aromatic rings. The van der Waals surface area contributed by atoms with Gasteiger partial charge in [-0.2, -0.15) is 0 Å². The summed E-state index contributed by atoms with van der Waals surface area (Å²) in [6.07, 6.45) is 5.21. The lowest BCUT2D eigenvalue weighted by atomic mass is 10.3. The maximum atomic E-state index is 5.50. The van der Waals surface area contributed by atoms with E-state index in [9.17, 15) is 0 Å². The van der Waals surface area contributed by atoms with E-state index in [0.29, 0.717) is 0 Å². The lowest BCUT2D eigenvalue weighted by Gasteiger charge is -2.15. The SMILES string of the molecule is CCCC[N]OC(CC)OCCCC. The Kier molecular flexibility index (Phi) is 10.9. The minimum Gasteiger partial charge on any atom is -0.351 e. The number of nitrogens with zero attached hydrogens (tertiary/aromatic N) is 1. The summed E-state index contributed by atoms with van der Waals surface area (Å²) in [4.78, 5) is 5.24. The van der Waals surface area contributed by atoms with Crippen LogP contribution < -0.4 is 5.48 Å². The largest absolute Gasteiger partial charge is 0.351 e. The van der Waals surface area contributed by atoms with Crippen molar-refractivity contribution in [2.24, 2.45) is 0 Å². The highest BCUT2D eigenvalue weighted by Gasteiger charge is 2.06. The number of hydrogen-bond donors (Lipinski definition) is 0. The zero-order chi connectivity index (χ0) is 10.6. The van der Waals surface area contributed by atoms with Gasteiger partial charge in [-0.3, -0.25) is 4.84 Å². The third-order valence-electron chi connectivity index (χ3n) is 1.93. The predicted molar refractivity (Wildman–Crippen MR) is 57.9 cm³/mol. The van der Waals surface area contributed by atoms with E-state index in [1.165, 1.54) is 0 Å². The van der Waals surface area contributed by atoms with E-state index in [2.05, 4.69) is 19.3 Å². The van der Waals surface area contributed by atoms with Gasteiger partial charge in [0.15, 0.2) is 6.29 Å². The van der Waals surface area contributed by atoms with Gasteiger partial charge in [0.05, 0.1) is 0 Å². The quantitative estimate of drug-likeness (QED) is 0.310. The van der Waals surface area contributed by atoms with Crippen molar-refractivity contribution in [3.63, 3.8) is 0 Å². The summed E-state index contributed by atoms with van der Waals surface area (Å²) >= 11 is 0. The van der Waals surface area contributed by atoms with Gasteiger partial charge in [-0.1, -0.05) is 39.1 Å². The Bertz CT molecular complexity index is 109. The molecule has 0 aliphatic heterocycles. The number of rotatable bonds is 10. The predicted octanol–water partition coefficient (Wildman–Crippen LogP) is 2.88. The highest BCUT2D eigenvalue weighted by atomic mass is 16.8. The van der Waals surface area contributed by atoms with E-state index in [4.69, 9.17) is 9.57 Å². The number of ether oxygens (including phenoxy) is 1. The van der Waals surface area contributed by atoms with Gasteiger partial charge in [-0.25, -0.2) is 0 Å². The third kappa shape index (κ3) is 8.48. The topological polar surface area (TPSA) is 32.6 Å². The normalized spacial score (nSPS) is 13.1. The standard InChI is InChI=1S/C11H24NO2/c1-4-7-9-12-14-11(6-3)13-10-8-5-2/h11H,4-10H2,1-3H3. The van der Waals surface area contributed by atoms with Gasteiger partial charge in [0, 0.05) is 13.2 Å². The van der Waals surface area contributed by atoms with Crippen molar-refractivity contribution in [2.45, 2.75) is 59.2 Å². The van der Waals surface area contributed by atoms with Gasteiger partial charge in [-0.15, -0.1) is 0 Å². The Morgan fingerprint density at radius 2 is 1.79 bits per heavy atom. The maximum Gasteiger partial charge on any atom is 0.178 e. The average molecular weight is 202 g/mol. The summed E-state index contributed by atoms with van der Waals surface area (Å²) in [7, 11) is 0. The molecule has 0 N–H and O–H groups in total. The molecular weight excluding hydrogens is 178 g/mol. The minimum atomic E-state index is -0.140. The average Bonchev–Trinajstić information content (AvgIpc) is 2.22. The van der Waals surface area contributed by atoms with Crippen LogP contribution in [-0.2, 0) is 9.57 Å². The van der Waals surface area contributed by atoms with Crippen LogP contribution in [0.2, 0.25) is 0 Å². The third-order valence-corrected chi connectivity index (χ3v) is 1.93. The molecular formula is C11H24NO2. The van der Waals surface area contributed by atoms with E-state index >= 15 is 0 Å². The molecule has 0 aliphatic carbocycles. The fourth-order valence-electron chi connectivity index (χ4n) is 0.940. The van der Waals surface area contributed by atoms with Crippen LogP contribution in [0.5, 0.6) is 0 Å². The number of hydroxylamine groups is 1. The van der Waals surface area contributed by atoms with Gasteiger partial charge >= 0.3 is 0 Å². The summed E-state index contributed by atoms with van der Waals surface area (Å²) in [6.45, 7) is 7.90. The molecule has 3 nitrogen and oxygen atoms in total. The molecule has 1 atom stereocenters. The van der Waals surface area contributed by atoms with Crippen LogP contribution in [0.15, 0.2) is 0 Å². The molecule has 0 bridgehead atoms. The van der Waals surface area contributed by atoms with E-state index in [1.807, 2.05) is 6.92 Å². The zero-order valence-electron chi connectivity index (χ0n) is 9.79. The monoisotopic (exact) mass is 202 g/mol. The maximum absolute atomic E-state index is 5.50. The molecule has 14 heavy (non-hydrogen) atoms. The molecule has 0 aromatic carbocycles. The summed E-state index contributed by atoms with van der Waals surface area (Å²) in [6, 6.07) is 0. The molecule has 0 amide bonds. The van der Waals surface area contributed by atoms with Crippen LogP contribution in [-0.4, -0.2) is 19.4 Å². The van der Waals surface area contributed by atoms with Crippen LogP contribution in [0.1, 0.15) is 52.9 Å². The van der Waals surface area contributed by atoms with Crippen molar-refractivity contribution in [1.29, 1.82) is 0 Å². The Morgan fingerprint density at radius 1 is 1.07 bits per heavy atom. The number of hydrogen-bond acceptors (Lipinski definition) is 2. The van der Waals surface area contributed by atoms with E-state index in [1.54, 1.807) is 0 Å². The molecule has 0 heterocycles. The smallest absolute Gasteiger partial charge is 0.178 e. The molecule has 0 rings (SSSR count). The minimum absolute atomic E-state index is 0.140. The fourth-order valence-corrected chi connectivity index (χ4v) is 0.940. The van der Waals surface area contributed by atoms with Crippen LogP contribution in [0.4, 0.5) is 0 Å². The first-order chi connectivity index (χ1) is 6.85.